The summed E-state index contributed by atoms with van der Waals surface area (Å²) < 4.78 is 5.50. The van der Waals surface area contributed by atoms with Gasteiger partial charge in [-0.3, -0.25) is 9.59 Å². The maximum atomic E-state index is 12.7. The fraction of sp³-hybridized carbons (Fsp3) is 0.423. The molecule has 2 aliphatic carbocycles. The molecule has 0 aliphatic heterocycles. The Balaban J connectivity index is 1.37. The van der Waals surface area contributed by atoms with E-state index in [9.17, 15) is 19.5 Å². The molecule has 2 aromatic rings. The second-order valence-electron chi connectivity index (χ2n) is 8.96. The highest BCUT2D eigenvalue weighted by atomic mass is 16.5. The minimum Gasteiger partial charge on any atom is -0.481 e. The molecule has 4 rings (SSSR count). The van der Waals surface area contributed by atoms with Gasteiger partial charge in [-0.05, 0) is 41.5 Å². The van der Waals surface area contributed by atoms with Crippen LogP contribution in [0.2, 0.25) is 0 Å². The molecule has 0 radical (unpaired) electrons. The van der Waals surface area contributed by atoms with Gasteiger partial charge in [-0.15, -0.1) is 0 Å². The SMILES string of the molecule is O=C(O)CCC(NC(=O)OCC1c2ccccc2-c2ccccc21)C(=O)NCC1CCCC1O. The Labute approximate surface area is 198 Å². The molecule has 0 bridgehead atoms. The zero-order chi connectivity index (χ0) is 24.1. The van der Waals surface area contributed by atoms with Gasteiger partial charge >= 0.3 is 12.1 Å². The lowest BCUT2D eigenvalue weighted by Crippen LogP contribution is -2.48. The number of benzene rings is 2. The largest absolute Gasteiger partial charge is 0.481 e. The van der Waals surface area contributed by atoms with E-state index in [0.717, 1.165) is 35.1 Å². The fourth-order valence-electron chi connectivity index (χ4n) is 4.93. The van der Waals surface area contributed by atoms with E-state index in [4.69, 9.17) is 9.84 Å². The second kappa shape index (κ2) is 10.7. The Morgan fingerprint density at radius 2 is 1.65 bits per heavy atom. The van der Waals surface area contributed by atoms with E-state index in [2.05, 4.69) is 10.6 Å². The van der Waals surface area contributed by atoms with Crippen LogP contribution in [0.5, 0.6) is 0 Å². The van der Waals surface area contributed by atoms with Gasteiger partial charge in [-0.1, -0.05) is 55.0 Å². The summed E-state index contributed by atoms with van der Waals surface area (Å²) in [6, 6.07) is 14.9. The summed E-state index contributed by atoms with van der Waals surface area (Å²) in [6.07, 6.45) is 0.887. The van der Waals surface area contributed by atoms with Crippen LogP contribution in [0.15, 0.2) is 48.5 Å². The van der Waals surface area contributed by atoms with Gasteiger partial charge in [0, 0.05) is 24.8 Å². The molecule has 34 heavy (non-hydrogen) atoms. The highest BCUT2D eigenvalue weighted by molar-refractivity contribution is 5.86. The quantitative estimate of drug-likeness (QED) is 0.450. The number of aliphatic hydroxyl groups is 1. The van der Waals surface area contributed by atoms with Crippen LogP contribution in [0.25, 0.3) is 11.1 Å². The van der Waals surface area contributed by atoms with Gasteiger partial charge in [-0.25, -0.2) is 4.79 Å². The number of rotatable bonds is 9. The predicted molar refractivity (Wildman–Crippen MR) is 125 cm³/mol. The average molecular weight is 467 g/mol. The van der Waals surface area contributed by atoms with E-state index >= 15 is 0 Å². The van der Waals surface area contributed by atoms with Crippen molar-refractivity contribution in [2.24, 2.45) is 5.92 Å². The van der Waals surface area contributed by atoms with Crippen molar-refractivity contribution in [1.82, 2.24) is 10.6 Å². The first-order chi connectivity index (χ1) is 16.4. The molecule has 2 amide bonds. The predicted octanol–water partition coefficient (Wildman–Crippen LogP) is 3.04. The number of nitrogens with one attached hydrogen (secondary N) is 2. The monoisotopic (exact) mass is 466 g/mol. The number of ether oxygens (including phenoxy) is 1. The molecule has 8 nitrogen and oxygen atoms in total. The number of hydrogen-bond acceptors (Lipinski definition) is 5. The Morgan fingerprint density at radius 1 is 1.00 bits per heavy atom. The van der Waals surface area contributed by atoms with Crippen LogP contribution in [-0.4, -0.2) is 53.5 Å². The Kier molecular flexibility index (Phi) is 7.47. The molecule has 3 atom stereocenters. The molecule has 0 aromatic heterocycles. The first kappa shape index (κ1) is 23.8. The lowest BCUT2D eigenvalue weighted by atomic mass is 9.98. The van der Waals surface area contributed by atoms with E-state index in [0.29, 0.717) is 6.42 Å². The van der Waals surface area contributed by atoms with Gasteiger partial charge < -0.3 is 25.6 Å². The van der Waals surface area contributed by atoms with Crippen molar-refractivity contribution in [3.05, 3.63) is 59.7 Å². The number of carbonyl (C=O) groups excluding carboxylic acids is 2. The number of hydrogen-bond donors (Lipinski definition) is 4. The fourth-order valence-corrected chi connectivity index (χ4v) is 4.93. The van der Waals surface area contributed by atoms with Crippen LogP contribution in [0, 0.1) is 5.92 Å². The number of carboxylic acids is 1. The van der Waals surface area contributed by atoms with Gasteiger partial charge in [-0.2, -0.15) is 0 Å². The number of fused-ring (bicyclic) bond motifs is 3. The summed E-state index contributed by atoms with van der Waals surface area (Å²) in [5, 5.41) is 24.3. The van der Waals surface area contributed by atoms with Gasteiger partial charge in [0.1, 0.15) is 12.6 Å². The molecular formula is C26H30N2O6. The van der Waals surface area contributed by atoms with E-state index in [1.807, 2.05) is 48.5 Å². The Hall–Kier alpha value is -3.39. The van der Waals surface area contributed by atoms with Crippen molar-refractivity contribution >= 4 is 18.0 Å². The molecule has 180 valence electrons. The minimum absolute atomic E-state index is 0.0291. The first-order valence-electron chi connectivity index (χ1n) is 11.7. The molecule has 0 heterocycles. The number of carboxylic acid groups (broad SMARTS) is 1. The van der Waals surface area contributed by atoms with Gasteiger partial charge in [0.05, 0.1) is 6.10 Å². The molecule has 1 saturated carbocycles. The van der Waals surface area contributed by atoms with Crippen molar-refractivity contribution in [2.45, 2.75) is 50.2 Å². The summed E-state index contributed by atoms with van der Waals surface area (Å²) in [5.41, 5.74) is 4.37. The third-order valence-corrected chi connectivity index (χ3v) is 6.76. The standard InChI is InChI=1S/C26H30N2O6/c29-23-11-5-6-16(23)14-27-25(32)22(12-13-24(30)31)28-26(33)34-15-21-19-9-3-1-7-17(19)18-8-2-4-10-20(18)21/h1-4,7-10,16,21-23,29H,5-6,11-15H2,(H,27,32)(H,28,33)(H,30,31). The van der Waals surface area contributed by atoms with Crippen molar-refractivity contribution in [3.63, 3.8) is 0 Å². The maximum absolute atomic E-state index is 12.7. The second-order valence-corrected chi connectivity index (χ2v) is 8.96. The van der Waals surface area contributed by atoms with Gasteiger partial charge in [0.2, 0.25) is 5.91 Å². The molecule has 4 N–H and O–H groups in total. The number of amides is 2. The molecule has 1 fully saturated rings. The molecule has 0 spiro atoms. The zero-order valence-electron chi connectivity index (χ0n) is 18.9. The third-order valence-electron chi connectivity index (χ3n) is 6.76. The minimum atomic E-state index is -1.06. The van der Waals surface area contributed by atoms with E-state index < -0.39 is 30.1 Å². The van der Waals surface area contributed by atoms with Crippen LogP contribution in [0.4, 0.5) is 4.79 Å². The summed E-state index contributed by atoms with van der Waals surface area (Å²) >= 11 is 0. The van der Waals surface area contributed by atoms with Crippen molar-refractivity contribution in [2.75, 3.05) is 13.2 Å². The summed E-state index contributed by atoms with van der Waals surface area (Å²) in [7, 11) is 0. The third kappa shape index (κ3) is 5.39. The number of carbonyl (C=O) groups is 3. The summed E-state index contributed by atoms with van der Waals surface area (Å²) in [5.74, 6) is -1.68. The molecular weight excluding hydrogens is 436 g/mol. The van der Waals surface area contributed by atoms with Gasteiger partial charge in [0.25, 0.3) is 0 Å². The zero-order valence-corrected chi connectivity index (χ0v) is 18.9. The van der Waals surface area contributed by atoms with Crippen molar-refractivity contribution in [1.29, 1.82) is 0 Å². The highest BCUT2D eigenvalue weighted by Crippen LogP contribution is 2.44. The molecule has 2 aliphatic rings. The Morgan fingerprint density at radius 3 is 2.24 bits per heavy atom. The Bertz CT molecular complexity index is 1010. The van der Waals surface area contributed by atoms with Crippen molar-refractivity contribution < 1.29 is 29.3 Å². The lowest BCUT2D eigenvalue weighted by Gasteiger charge is -2.21. The summed E-state index contributed by atoms with van der Waals surface area (Å²) in [6.45, 7) is 0.386. The number of aliphatic carboxylic acids is 1. The average Bonchev–Trinajstić information content (AvgIpc) is 3.39. The smallest absolute Gasteiger partial charge is 0.407 e. The van der Waals surface area contributed by atoms with Crippen LogP contribution in [0.1, 0.15) is 49.1 Å². The maximum Gasteiger partial charge on any atom is 0.407 e. The van der Waals surface area contributed by atoms with Crippen LogP contribution < -0.4 is 10.6 Å². The summed E-state index contributed by atoms with van der Waals surface area (Å²) in [4.78, 5) is 36.3. The molecule has 3 unspecified atom stereocenters. The van der Waals surface area contributed by atoms with Crippen LogP contribution in [0.3, 0.4) is 0 Å². The lowest BCUT2D eigenvalue weighted by molar-refractivity contribution is -0.137. The first-order valence-corrected chi connectivity index (χ1v) is 11.7. The number of alkyl carbamates (subject to hydrolysis) is 1. The van der Waals surface area contributed by atoms with E-state index in [1.54, 1.807) is 0 Å². The topological polar surface area (TPSA) is 125 Å². The van der Waals surface area contributed by atoms with Crippen LogP contribution in [-0.2, 0) is 14.3 Å². The highest BCUT2D eigenvalue weighted by Gasteiger charge is 2.31. The normalized spacial score (nSPS) is 19.7. The van der Waals surface area contributed by atoms with E-state index in [-0.39, 0.29) is 37.8 Å². The number of aliphatic hydroxyl groups excluding tert-OH is 1. The molecule has 2 aromatic carbocycles. The molecule has 0 saturated heterocycles. The van der Waals surface area contributed by atoms with E-state index in [1.165, 1.54) is 0 Å². The van der Waals surface area contributed by atoms with Gasteiger partial charge in [0.15, 0.2) is 0 Å². The molecule has 8 heteroatoms. The van der Waals surface area contributed by atoms with Crippen LogP contribution >= 0.6 is 0 Å². The van der Waals surface area contributed by atoms with Crippen molar-refractivity contribution in [3.8, 4) is 11.1 Å².